The van der Waals surface area contributed by atoms with Crippen LogP contribution < -0.4 is 5.73 Å². The molecule has 1 aliphatic rings. The molecule has 1 fully saturated rings. The second-order valence-corrected chi connectivity index (χ2v) is 4.81. The number of nitrogens with zero attached hydrogens (tertiary/aromatic N) is 3. The molecule has 1 saturated heterocycles. The predicted octanol–water partition coefficient (Wildman–Crippen LogP) is 1.15. The largest absolute Gasteiger partial charge is 0.384 e. The van der Waals surface area contributed by atoms with Gasteiger partial charge in [0, 0.05) is 25.6 Å². The maximum atomic E-state index is 11.8. The Morgan fingerprint density at radius 2 is 2.35 bits per heavy atom. The Bertz CT molecular complexity index is 413. The van der Waals surface area contributed by atoms with Crippen molar-refractivity contribution in [3.63, 3.8) is 0 Å². The highest BCUT2D eigenvalue weighted by atomic mass is 16.2. The third kappa shape index (κ3) is 2.43. The van der Waals surface area contributed by atoms with Gasteiger partial charge in [-0.25, -0.2) is 0 Å². The van der Waals surface area contributed by atoms with E-state index in [2.05, 4.69) is 12.0 Å². The van der Waals surface area contributed by atoms with E-state index in [0.29, 0.717) is 24.7 Å². The lowest BCUT2D eigenvalue weighted by atomic mass is 10.0. The Labute approximate surface area is 102 Å². The molecule has 1 aromatic rings. The van der Waals surface area contributed by atoms with Crippen molar-refractivity contribution >= 4 is 11.7 Å². The first kappa shape index (κ1) is 12.0. The number of hydrogen-bond acceptors (Lipinski definition) is 3. The molecule has 94 valence electrons. The van der Waals surface area contributed by atoms with E-state index in [0.717, 1.165) is 24.9 Å². The van der Waals surface area contributed by atoms with E-state index in [1.54, 1.807) is 10.9 Å². The molecule has 5 heteroatoms. The number of amides is 1. The molecular weight excluding hydrogens is 216 g/mol. The van der Waals surface area contributed by atoms with Gasteiger partial charge in [0.05, 0.1) is 12.7 Å². The second-order valence-electron chi connectivity index (χ2n) is 4.81. The number of likely N-dealkylation sites (tertiary alicyclic amines) is 1. The van der Waals surface area contributed by atoms with Crippen molar-refractivity contribution in [2.45, 2.75) is 32.7 Å². The van der Waals surface area contributed by atoms with Gasteiger partial charge in [0.1, 0.15) is 5.82 Å². The van der Waals surface area contributed by atoms with Crippen LogP contribution in [0.1, 0.15) is 31.7 Å². The normalized spacial score (nSPS) is 20.2. The van der Waals surface area contributed by atoms with Gasteiger partial charge in [-0.2, -0.15) is 5.10 Å². The first-order valence-electron chi connectivity index (χ1n) is 6.16. The zero-order valence-electron chi connectivity index (χ0n) is 10.5. The van der Waals surface area contributed by atoms with E-state index >= 15 is 0 Å². The van der Waals surface area contributed by atoms with Crippen molar-refractivity contribution in [1.29, 1.82) is 0 Å². The molecule has 0 radical (unpaired) electrons. The minimum absolute atomic E-state index is 0.242. The minimum atomic E-state index is 0.242. The van der Waals surface area contributed by atoms with Crippen molar-refractivity contribution in [2.24, 2.45) is 13.0 Å². The topological polar surface area (TPSA) is 64.2 Å². The quantitative estimate of drug-likeness (QED) is 0.853. The molecule has 1 amide bonds. The van der Waals surface area contributed by atoms with E-state index in [1.807, 2.05) is 11.9 Å². The average Bonchev–Trinajstić information content (AvgIpc) is 2.78. The Balaban J connectivity index is 2.00. The number of aryl methyl sites for hydroxylation is 1. The number of hydrogen-bond donors (Lipinski definition) is 1. The lowest BCUT2D eigenvalue weighted by Gasteiger charge is -2.16. The summed E-state index contributed by atoms with van der Waals surface area (Å²) >= 11 is 0. The summed E-state index contributed by atoms with van der Waals surface area (Å²) in [5, 5.41) is 4.09. The van der Waals surface area contributed by atoms with Gasteiger partial charge in [0.25, 0.3) is 0 Å². The van der Waals surface area contributed by atoms with Crippen LogP contribution >= 0.6 is 0 Å². The summed E-state index contributed by atoms with van der Waals surface area (Å²) in [6.45, 7) is 3.62. The van der Waals surface area contributed by atoms with Crippen LogP contribution in [-0.4, -0.2) is 27.1 Å². The molecule has 0 bridgehead atoms. The van der Waals surface area contributed by atoms with Crippen molar-refractivity contribution in [3.05, 3.63) is 11.8 Å². The summed E-state index contributed by atoms with van der Waals surface area (Å²) in [4.78, 5) is 13.7. The monoisotopic (exact) mass is 236 g/mol. The van der Waals surface area contributed by atoms with E-state index in [9.17, 15) is 4.79 Å². The summed E-state index contributed by atoms with van der Waals surface area (Å²) in [5.41, 5.74) is 6.82. The van der Waals surface area contributed by atoms with E-state index in [-0.39, 0.29) is 5.91 Å². The van der Waals surface area contributed by atoms with Crippen LogP contribution in [0.2, 0.25) is 0 Å². The fraction of sp³-hybridized carbons (Fsp3) is 0.667. The standard InChI is InChI=1S/C12H20N4O/c1-3-4-9-5-11(17)16(7-9)8-10-6-14-15(2)12(10)13/h6,9H,3-5,7-8,13H2,1-2H3. The Hall–Kier alpha value is -1.52. The maximum Gasteiger partial charge on any atom is 0.223 e. The van der Waals surface area contributed by atoms with Crippen molar-refractivity contribution in [3.8, 4) is 0 Å². The Morgan fingerprint density at radius 1 is 1.59 bits per heavy atom. The van der Waals surface area contributed by atoms with Gasteiger partial charge < -0.3 is 10.6 Å². The van der Waals surface area contributed by atoms with Crippen LogP contribution in [0.3, 0.4) is 0 Å². The fourth-order valence-electron chi connectivity index (χ4n) is 2.43. The minimum Gasteiger partial charge on any atom is -0.384 e. The van der Waals surface area contributed by atoms with Crippen molar-refractivity contribution < 1.29 is 4.79 Å². The molecule has 0 spiro atoms. The predicted molar refractivity (Wildman–Crippen MR) is 66.1 cm³/mol. The number of anilines is 1. The molecule has 1 aliphatic heterocycles. The number of carbonyl (C=O) groups is 1. The van der Waals surface area contributed by atoms with Crippen molar-refractivity contribution in [1.82, 2.24) is 14.7 Å². The van der Waals surface area contributed by atoms with Gasteiger partial charge in [-0.3, -0.25) is 9.48 Å². The van der Waals surface area contributed by atoms with Crippen LogP contribution in [0.4, 0.5) is 5.82 Å². The molecule has 2 N–H and O–H groups in total. The number of aromatic nitrogens is 2. The second kappa shape index (κ2) is 4.77. The van der Waals surface area contributed by atoms with E-state index < -0.39 is 0 Å². The Kier molecular flexibility index (Phi) is 3.36. The summed E-state index contributed by atoms with van der Waals surface area (Å²) in [5.74, 6) is 1.41. The maximum absolute atomic E-state index is 11.8. The third-order valence-corrected chi connectivity index (χ3v) is 3.42. The third-order valence-electron chi connectivity index (χ3n) is 3.42. The summed E-state index contributed by atoms with van der Waals surface area (Å²) in [7, 11) is 1.81. The number of carbonyl (C=O) groups excluding carboxylic acids is 1. The van der Waals surface area contributed by atoms with Crippen LogP contribution in [0.5, 0.6) is 0 Å². The van der Waals surface area contributed by atoms with E-state index in [1.165, 1.54) is 0 Å². The number of nitrogen functional groups attached to an aromatic ring is 1. The first-order valence-corrected chi connectivity index (χ1v) is 6.16. The molecule has 2 rings (SSSR count). The van der Waals surface area contributed by atoms with Crippen LogP contribution in [-0.2, 0) is 18.4 Å². The molecule has 0 saturated carbocycles. The molecule has 0 aliphatic carbocycles. The van der Waals surface area contributed by atoms with Gasteiger partial charge in [-0.15, -0.1) is 0 Å². The van der Waals surface area contributed by atoms with Gasteiger partial charge in [0.15, 0.2) is 0 Å². The van der Waals surface area contributed by atoms with Crippen LogP contribution in [0.15, 0.2) is 6.20 Å². The zero-order valence-corrected chi connectivity index (χ0v) is 10.5. The summed E-state index contributed by atoms with van der Waals surface area (Å²) < 4.78 is 1.64. The lowest BCUT2D eigenvalue weighted by molar-refractivity contribution is -0.128. The smallest absolute Gasteiger partial charge is 0.223 e. The molecule has 17 heavy (non-hydrogen) atoms. The average molecular weight is 236 g/mol. The van der Waals surface area contributed by atoms with Crippen molar-refractivity contribution in [2.75, 3.05) is 12.3 Å². The van der Waals surface area contributed by atoms with Gasteiger partial charge in [-0.1, -0.05) is 13.3 Å². The highest BCUT2D eigenvalue weighted by Crippen LogP contribution is 2.24. The highest BCUT2D eigenvalue weighted by molar-refractivity contribution is 5.78. The first-order chi connectivity index (χ1) is 8.11. The molecule has 1 unspecified atom stereocenters. The molecule has 5 nitrogen and oxygen atoms in total. The lowest BCUT2D eigenvalue weighted by Crippen LogP contribution is -2.24. The molecule has 0 aromatic carbocycles. The van der Waals surface area contributed by atoms with E-state index in [4.69, 9.17) is 5.73 Å². The molecular formula is C12H20N4O. The zero-order chi connectivity index (χ0) is 12.4. The van der Waals surface area contributed by atoms with Gasteiger partial charge >= 0.3 is 0 Å². The van der Waals surface area contributed by atoms with Crippen LogP contribution in [0, 0.1) is 5.92 Å². The SMILES string of the molecule is CCCC1CC(=O)N(Cc2cnn(C)c2N)C1. The summed E-state index contributed by atoms with van der Waals surface area (Å²) in [6, 6.07) is 0. The van der Waals surface area contributed by atoms with Gasteiger partial charge in [-0.05, 0) is 12.3 Å². The molecule has 2 heterocycles. The molecule has 1 atom stereocenters. The fourth-order valence-corrected chi connectivity index (χ4v) is 2.43. The van der Waals surface area contributed by atoms with Crippen LogP contribution in [0.25, 0.3) is 0 Å². The number of nitrogens with two attached hydrogens (primary N) is 1. The highest BCUT2D eigenvalue weighted by Gasteiger charge is 2.29. The molecule has 1 aromatic heterocycles. The Morgan fingerprint density at radius 3 is 2.94 bits per heavy atom. The summed E-state index contributed by atoms with van der Waals surface area (Å²) in [6.07, 6.45) is 4.70. The number of rotatable bonds is 4. The van der Waals surface area contributed by atoms with Gasteiger partial charge in [0.2, 0.25) is 5.91 Å².